The standard InChI is InChI=1S/C9H7IN4O2/c10-7-3-1-6(2-4-7)9-11-12-13-14(9)5-8(15)16/h1-4H,5H2,(H,15,16). The average molecular weight is 330 g/mol. The summed E-state index contributed by atoms with van der Waals surface area (Å²) in [6, 6.07) is 7.53. The van der Waals surface area contributed by atoms with E-state index in [1.807, 2.05) is 24.3 Å². The minimum atomic E-state index is -0.973. The van der Waals surface area contributed by atoms with Crippen molar-refractivity contribution < 1.29 is 9.90 Å². The molecule has 0 spiro atoms. The molecule has 82 valence electrons. The average Bonchev–Trinajstić information content (AvgIpc) is 2.66. The second kappa shape index (κ2) is 4.56. The lowest BCUT2D eigenvalue weighted by Gasteiger charge is -2.01. The first-order valence-electron chi connectivity index (χ1n) is 4.41. The van der Waals surface area contributed by atoms with Gasteiger partial charge in [-0.2, -0.15) is 0 Å². The molecule has 16 heavy (non-hydrogen) atoms. The Bertz CT molecular complexity index is 508. The van der Waals surface area contributed by atoms with Gasteiger partial charge in [-0.05, 0) is 45.2 Å². The maximum Gasteiger partial charge on any atom is 0.325 e. The van der Waals surface area contributed by atoms with Gasteiger partial charge in [0.2, 0.25) is 0 Å². The van der Waals surface area contributed by atoms with Crippen molar-refractivity contribution in [1.29, 1.82) is 0 Å². The van der Waals surface area contributed by atoms with Crippen LogP contribution >= 0.6 is 22.6 Å². The number of hydrogen-bond donors (Lipinski definition) is 1. The first-order chi connectivity index (χ1) is 7.66. The van der Waals surface area contributed by atoms with Crippen molar-refractivity contribution in [3.8, 4) is 11.4 Å². The molecule has 0 bridgehead atoms. The molecule has 1 aromatic carbocycles. The van der Waals surface area contributed by atoms with Crippen molar-refractivity contribution in [2.24, 2.45) is 0 Å². The summed E-state index contributed by atoms with van der Waals surface area (Å²) < 4.78 is 2.35. The van der Waals surface area contributed by atoms with Crippen molar-refractivity contribution >= 4 is 28.6 Å². The van der Waals surface area contributed by atoms with E-state index in [1.165, 1.54) is 4.68 Å². The number of benzene rings is 1. The molecule has 0 atom stereocenters. The molecular weight excluding hydrogens is 323 g/mol. The van der Waals surface area contributed by atoms with Crippen molar-refractivity contribution in [2.45, 2.75) is 6.54 Å². The van der Waals surface area contributed by atoms with Gasteiger partial charge in [0.05, 0.1) is 0 Å². The molecule has 0 aliphatic carbocycles. The van der Waals surface area contributed by atoms with E-state index in [-0.39, 0.29) is 6.54 Å². The van der Waals surface area contributed by atoms with Gasteiger partial charge in [0, 0.05) is 9.13 Å². The van der Waals surface area contributed by atoms with Crippen LogP contribution in [0.15, 0.2) is 24.3 Å². The van der Waals surface area contributed by atoms with Gasteiger partial charge in [-0.15, -0.1) is 5.10 Å². The fourth-order valence-electron chi connectivity index (χ4n) is 1.24. The maximum atomic E-state index is 10.6. The van der Waals surface area contributed by atoms with Gasteiger partial charge in [-0.25, -0.2) is 4.68 Å². The number of rotatable bonds is 3. The van der Waals surface area contributed by atoms with Gasteiger partial charge < -0.3 is 5.11 Å². The van der Waals surface area contributed by atoms with E-state index < -0.39 is 5.97 Å². The van der Waals surface area contributed by atoms with Crippen molar-refractivity contribution in [3.05, 3.63) is 27.8 Å². The number of tetrazole rings is 1. The van der Waals surface area contributed by atoms with E-state index in [1.54, 1.807) is 0 Å². The van der Waals surface area contributed by atoms with Crippen LogP contribution in [0.25, 0.3) is 11.4 Å². The van der Waals surface area contributed by atoms with E-state index >= 15 is 0 Å². The fraction of sp³-hybridized carbons (Fsp3) is 0.111. The normalized spacial score (nSPS) is 10.3. The monoisotopic (exact) mass is 330 g/mol. The summed E-state index contributed by atoms with van der Waals surface area (Å²) in [5, 5.41) is 19.6. The third-order valence-electron chi connectivity index (χ3n) is 1.92. The molecule has 0 unspecified atom stereocenters. The Morgan fingerprint density at radius 2 is 2.06 bits per heavy atom. The molecule has 0 aliphatic heterocycles. The highest BCUT2D eigenvalue weighted by atomic mass is 127. The van der Waals surface area contributed by atoms with E-state index in [2.05, 4.69) is 38.1 Å². The van der Waals surface area contributed by atoms with Crippen LogP contribution < -0.4 is 0 Å². The lowest BCUT2D eigenvalue weighted by atomic mass is 10.2. The molecule has 0 saturated carbocycles. The lowest BCUT2D eigenvalue weighted by Crippen LogP contribution is -2.11. The van der Waals surface area contributed by atoms with Gasteiger partial charge in [0.15, 0.2) is 5.82 Å². The van der Waals surface area contributed by atoms with Crippen LogP contribution in [0.3, 0.4) is 0 Å². The number of nitrogens with zero attached hydrogens (tertiary/aromatic N) is 4. The number of hydrogen-bond acceptors (Lipinski definition) is 4. The molecule has 0 fully saturated rings. The lowest BCUT2D eigenvalue weighted by molar-refractivity contribution is -0.137. The molecule has 1 N–H and O–H groups in total. The highest BCUT2D eigenvalue weighted by Crippen LogP contribution is 2.17. The molecule has 1 aromatic heterocycles. The summed E-state index contributed by atoms with van der Waals surface area (Å²) >= 11 is 2.19. The molecule has 2 aromatic rings. The molecule has 0 saturated heterocycles. The largest absolute Gasteiger partial charge is 0.480 e. The highest BCUT2D eigenvalue weighted by Gasteiger charge is 2.10. The molecule has 0 amide bonds. The molecule has 6 nitrogen and oxygen atoms in total. The van der Waals surface area contributed by atoms with Gasteiger partial charge in [0.25, 0.3) is 0 Å². The summed E-state index contributed by atoms with van der Waals surface area (Å²) in [7, 11) is 0. The molecular formula is C9H7IN4O2. The Labute approximate surface area is 104 Å². The quantitative estimate of drug-likeness (QED) is 0.850. The third kappa shape index (κ3) is 2.35. The Hall–Kier alpha value is -1.51. The third-order valence-corrected chi connectivity index (χ3v) is 2.64. The Balaban J connectivity index is 2.36. The minimum absolute atomic E-state index is 0.242. The van der Waals surface area contributed by atoms with E-state index in [0.717, 1.165) is 9.13 Å². The Morgan fingerprint density at radius 1 is 1.38 bits per heavy atom. The minimum Gasteiger partial charge on any atom is -0.480 e. The molecule has 0 aliphatic rings. The summed E-state index contributed by atoms with van der Waals surface area (Å²) in [6.07, 6.45) is 0. The first kappa shape index (κ1) is 11.0. The summed E-state index contributed by atoms with van der Waals surface area (Å²) in [6.45, 7) is -0.242. The van der Waals surface area contributed by atoms with Crippen LogP contribution in [0.1, 0.15) is 0 Å². The summed E-state index contributed by atoms with van der Waals surface area (Å²) in [4.78, 5) is 10.6. The molecule has 7 heteroatoms. The van der Waals surface area contributed by atoms with Crippen LogP contribution in [0.4, 0.5) is 0 Å². The zero-order chi connectivity index (χ0) is 11.5. The van der Waals surface area contributed by atoms with Crippen molar-refractivity contribution in [3.63, 3.8) is 0 Å². The van der Waals surface area contributed by atoms with Crippen LogP contribution in [-0.2, 0) is 11.3 Å². The second-order valence-corrected chi connectivity index (χ2v) is 4.31. The maximum absolute atomic E-state index is 10.6. The van der Waals surface area contributed by atoms with Crippen LogP contribution in [0.5, 0.6) is 0 Å². The van der Waals surface area contributed by atoms with Crippen molar-refractivity contribution in [1.82, 2.24) is 20.2 Å². The zero-order valence-electron chi connectivity index (χ0n) is 8.04. The van der Waals surface area contributed by atoms with E-state index in [0.29, 0.717) is 5.82 Å². The highest BCUT2D eigenvalue weighted by molar-refractivity contribution is 14.1. The Morgan fingerprint density at radius 3 is 2.69 bits per heavy atom. The number of carbonyl (C=O) groups is 1. The fourth-order valence-corrected chi connectivity index (χ4v) is 1.60. The van der Waals surface area contributed by atoms with Crippen LogP contribution in [0.2, 0.25) is 0 Å². The van der Waals surface area contributed by atoms with Gasteiger partial charge in [0.1, 0.15) is 6.54 Å². The SMILES string of the molecule is O=C(O)Cn1nnnc1-c1ccc(I)cc1. The smallest absolute Gasteiger partial charge is 0.325 e. The van der Waals surface area contributed by atoms with Gasteiger partial charge in [-0.1, -0.05) is 12.1 Å². The number of aliphatic carboxylic acids is 1. The molecule has 0 radical (unpaired) electrons. The van der Waals surface area contributed by atoms with Crippen LogP contribution in [0, 0.1) is 3.57 Å². The van der Waals surface area contributed by atoms with Crippen molar-refractivity contribution in [2.75, 3.05) is 0 Å². The van der Waals surface area contributed by atoms with Gasteiger partial charge >= 0.3 is 5.97 Å². The van der Waals surface area contributed by atoms with E-state index in [9.17, 15) is 4.79 Å². The second-order valence-electron chi connectivity index (χ2n) is 3.06. The summed E-state index contributed by atoms with van der Waals surface area (Å²) in [5.74, 6) is -0.516. The van der Waals surface area contributed by atoms with Gasteiger partial charge in [-0.3, -0.25) is 4.79 Å². The first-order valence-corrected chi connectivity index (χ1v) is 5.48. The Kier molecular flexibility index (Phi) is 3.13. The predicted octanol–water partition coefficient (Wildman–Crippen LogP) is 1.03. The number of carboxylic acids is 1. The zero-order valence-corrected chi connectivity index (χ0v) is 10.2. The molecule has 1 heterocycles. The number of halogens is 1. The van der Waals surface area contributed by atoms with E-state index in [4.69, 9.17) is 5.11 Å². The topological polar surface area (TPSA) is 80.9 Å². The number of carboxylic acid groups (broad SMARTS) is 1. The van der Waals surface area contributed by atoms with Crippen LogP contribution in [-0.4, -0.2) is 31.3 Å². The predicted molar refractivity (Wildman–Crippen MR) is 63.6 cm³/mol. The summed E-state index contributed by atoms with van der Waals surface area (Å²) in [5.41, 5.74) is 0.798. The number of aromatic nitrogens is 4. The molecule has 2 rings (SSSR count).